The number of aliphatic hydroxyl groups excluding tert-OH is 1. The van der Waals surface area contributed by atoms with Gasteiger partial charge in [-0.05, 0) is 27.2 Å². The summed E-state index contributed by atoms with van der Waals surface area (Å²) in [4.78, 5) is 0. The quantitative estimate of drug-likeness (QED) is 0.630. The molecule has 2 N–H and O–H groups in total. The Kier molecular flexibility index (Phi) is 4.21. The van der Waals surface area contributed by atoms with Crippen LogP contribution in [0.25, 0.3) is 0 Å². The van der Waals surface area contributed by atoms with Gasteiger partial charge in [-0.1, -0.05) is 17.7 Å². The molecule has 0 rings (SSSR count). The summed E-state index contributed by atoms with van der Waals surface area (Å²) in [5, 5.41) is 19.0. The van der Waals surface area contributed by atoms with E-state index in [1.54, 1.807) is 6.92 Å². The number of hydrogen-bond acceptors (Lipinski definition) is 2. The van der Waals surface area contributed by atoms with E-state index in [-0.39, 0.29) is 0 Å². The van der Waals surface area contributed by atoms with Crippen molar-refractivity contribution in [2.45, 2.75) is 38.9 Å². The van der Waals surface area contributed by atoms with Crippen LogP contribution in [0.3, 0.4) is 0 Å². The summed E-state index contributed by atoms with van der Waals surface area (Å²) in [5.41, 5.74) is -0.0553. The van der Waals surface area contributed by atoms with Crippen molar-refractivity contribution in [2.24, 2.45) is 0 Å². The summed E-state index contributed by atoms with van der Waals surface area (Å²) < 4.78 is 0. The average molecular weight is 170 g/mol. The Hall–Kier alpha value is -0.600. The molecule has 0 saturated heterocycles. The largest absolute Gasteiger partial charge is 0.389 e. The van der Waals surface area contributed by atoms with Crippen LogP contribution in [0.15, 0.2) is 24.3 Å². The molecule has 0 unspecified atom stereocenters. The Labute approximate surface area is 74.2 Å². The highest BCUT2D eigenvalue weighted by molar-refractivity contribution is 5.02. The summed E-state index contributed by atoms with van der Waals surface area (Å²) in [7, 11) is 0. The summed E-state index contributed by atoms with van der Waals surface area (Å²) >= 11 is 0. The van der Waals surface area contributed by atoms with Gasteiger partial charge in [-0.15, -0.1) is 6.58 Å². The molecule has 0 spiro atoms. The van der Waals surface area contributed by atoms with Gasteiger partial charge >= 0.3 is 0 Å². The molecule has 2 atom stereocenters. The second-order valence-electron chi connectivity index (χ2n) is 3.46. The highest BCUT2D eigenvalue weighted by atomic mass is 16.3. The van der Waals surface area contributed by atoms with Crippen LogP contribution in [0.4, 0.5) is 0 Å². The van der Waals surface area contributed by atoms with Crippen molar-refractivity contribution in [3.63, 3.8) is 0 Å². The molecular weight excluding hydrogens is 152 g/mol. The van der Waals surface area contributed by atoms with Crippen LogP contribution in [-0.4, -0.2) is 21.9 Å². The molecule has 12 heavy (non-hydrogen) atoms. The maximum Gasteiger partial charge on any atom is 0.106 e. The lowest BCUT2D eigenvalue weighted by atomic mass is 9.96. The first kappa shape index (κ1) is 11.4. The molecule has 0 fully saturated rings. The molecule has 0 aromatic heterocycles. The van der Waals surface area contributed by atoms with Crippen LogP contribution in [0.1, 0.15) is 27.2 Å². The van der Waals surface area contributed by atoms with E-state index in [2.05, 4.69) is 6.58 Å². The fourth-order valence-electron chi connectivity index (χ4n) is 0.722. The number of rotatable bonds is 4. The zero-order valence-electron chi connectivity index (χ0n) is 8.04. The zero-order valence-corrected chi connectivity index (χ0v) is 8.04. The molecule has 0 aliphatic rings. The van der Waals surface area contributed by atoms with Crippen LogP contribution in [0.2, 0.25) is 0 Å². The maximum absolute atomic E-state index is 9.51. The standard InChI is InChI=1S/C10H18O2/c1-5-10(4,12)9(11)7-6-8(2)3/h5-6,9,11-12H,1,7H2,2-4H3/t9-,10-/m1/s1. The molecule has 0 heterocycles. The van der Waals surface area contributed by atoms with E-state index < -0.39 is 11.7 Å². The van der Waals surface area contributed by atoms with Crippen molar-refractivity contribution in [3.05, 3.63) is 24.3 Å². The highest BCUT2D eigenvalue weighted by Gasteiger charge is 2.25. The van der Waals surface area contributed by atoms with Gasteiger partial charge in [-0.25, -0.2) is 0 Å². The molecule has 0 aliphatic heterocycles. The third kappa shape index (κ3) is 3.69. The van der Waals surface area contributed by atoms with Gasteiger partial charge in [-0.3, -0.25) is 0 Å². The average Bonchev–Trinajstić information content (AvgIpc) is 2.00. The molecule has 0 aromatic rings. The third-order valence-electron chi connectivity index (χ3n) is 1.84. The lowest BCUT2D eigenvalue weighted by molar-refractivity contribution is -0.0237. The Bertz CT molecular complexity index is 176. The van der Waals surface area contributed by atoms with E-state index in [4.69, 9.17) is 0 Å². The minimum absolute atomic E-state index is 0.460. The van der Waals surface area contributed by atoms with Crippen molar-refractivity contribution in [3.8, 4) is 0 Å². The molecule has 0 aliphatic carbocycles. The van der Waals surface area contributed by atoms with Crippen LogP contribution in [-0.2, 0) is 0 Å². The van der Waals surface area contributed by atoms with Crippen LogP contribution < -0.4 is 0 Å². The van der Waals surface area contributed by atoms with E-state index in [0.717, 1.165) is 5.57 Å². The van der Waals surface area contributed by atoms with Crippen LogP contribution in [0.5, 0.6) is 0 Å². The van der Waals surface area contributed by atoms with E-state index >= 15 is 0 Å². The number of hydrogen-bond donors (Lipinski definition) is 2. The smallest absolute Gasteiger partial charge is 0.106 e. The number of allylic oxidation sites excluding steroid dienone is 1. The van der Waals surface area contributed by atoms with E-state index in [9.17, 15) is 10.2 Å². The van der Waals surface area contributed by atoms with Crippen molar-refractivity contribution in [2.75, 3.05) is 0 Å². The summed E-state index contributed by atoms with van der Waals surface area (Å²) in [6, 6.07) is 0. The molecule has 0 amide bonds. The first-order chi connectivity index (χ1) is 5.40. The Balaban J connectivity index is 4.12. The molecule has 2 heteroatoms. The molecule has 0 radical (unpaired) electrons. The van der Waals surface area contributed by atoms with Gasteiger partial charge in [0, 0.05) is 0 Å². The van der Waals surface area contributed by atoms with Crippen molar-refractivity contribution < 1.29 is 10.2 Å². The molecular formula is C10H18O2. The topological polar surface area (TPSA) is 40.5 Å². The molecule has 0 saturated carbocycles. The Morgan fingerprint density at radius 1 is 1.58 bits per heavy atom. The Morgan fingerprint density at radius 3 is 2.42 bits per heavy atom. The fourth-order valence-corrected chi connectivity index (χ4v) is 0.722. The normalized spacial score (nSPS) is 17.8. The summed E-state index contributed by atoms with van der Waals surface area (Å²) in [6.07, 6.45) is 2.94. The second-order valence-corrected chi connectivity index (χ2v) is 3.46. The van der Waals surface area contributed by atoms with E-state index in [1.165, 1.54) is 6.08 Å². The molecule has 70 valence electrons. The number of aliphatic hydroxyl groups is 2. The van der Waals surface area contributed by atoms with Crippen molar-refractivity contribution in [1.82, 2.24) is 0 Å². The van der Waals surface area contributed by atoms with Gasteiger partial charge in [-0.2, -0.15) is 0 Å². The minimum Gasteiger partial charge on any atom is -0.389 e. The third-order valence-corrected chi connectivity index (χ3v) is 1.84. The first-order valence-electron chi connectivity index (χ1n) is 4.07. The first-order valence-corrected chi connectivity index (χ1v) is 4.07. The molecule has 2 nitrogen and oxygen atoms in total. The second kappa shape index (κ2) is 4.43. The van der Waals surface area contributed by atoms with Crippen LogP contribution >= 0.6 is 0 Å². The van der Waals surface area contributed by atoms with E-state index in [1.807, 2.05) is 19.9 Å². The minimum atomic E-state index is -1.19. The SMILES string of the molecule is C=C[C@@](C)(O)[C@H](O)CC=C(C)C. The van der Waals surface area contributed by atoms with Crippen LogP contribution in [0, 0.1) is 0 Å². The highest BCUT2D eigenvalue weighted by Crippen LogP contribution is 2.14. The predicted molar refractivity (Wildman–Crippen MR) is 50.9 cm³/mol. The lowest BCUT2D eigenvalue weighted by Crippen LogP contribution is -2.36. The van der Waals surface area contributed by atoms with Gasteiger partial charge < -0.3 is 10.2 Å². The van der Waals surface area contributed by atoms with Crippen molar-refractivity contribution >= 4 is 0 Å². The van der Waals surface area contributed by atoms with Gasteiger partial charge in [0.25, 0.3) is 0 Å². The zero-order chi connectivity index (χ0) is 9.78. The monoisotopic (exact) mass is 170 g/mol. The van der Waals surface area contributed by atoms with Gasteiger partial charge in [0.2, 0.25) is 0 Å². The molecule has 0 bridgehead atoms. The van der Waals surface area contributed by atoms with E-state index in [0.29, 0.717) is 6.42 Å². The summed E-state index contributed by atoms with van der Waals surface area (Å²) in [5.74, 6) is 0. The van der Waals surface area contributed by atoms with Crippen molar-refractivity contribution in [1.29, 1.82) is 0 Å². The lowest BCUT2D eigenvalue weighted by Gasteiger charge is -2.24. The van der Waals surface area contributed by atoms with Gasteiger partial charge in [0.05, 0.1) is 6.10 Å². The Morgan fingerprint density at radius 2 is 2.08 bits per heavy atom. The maximum atomic E-state index is 9.51. The summed E-state index contributed by atoms with van der Waals surface area (Å²) in [6.45, 7) is 8.90. The fraction of sp³-hybridized carbons (Fsp3) is 0.600. The van der Waals surface area contributed by atoms with Gasteiger partial charge in [0.15, 0.2) is 0 Å². The van der Waals surface area contributed by atoms with Gasteiger partial charge in [0.1, 0.15) is 5.60 Å². The molecule has 0 aromatic carbocycles. The predicted octanol–water partition coefficient (Wildman–Crippen LogP) is 1.64.